The molecule has 1 atom stereocenters. The summed E-state index contributed by atoms with van der Waals surface area (Å²) < 4.78 is 0. The highest BCUT2D eigenvalue weighted by atomic mass is 16.6. The number of nitrogens with zero attached hydrogens (tertiary/aromatic N) is 1. The van der Waals surface area contributed by atoms with Gasteiger partial charge in [-0.05, 0) is 13.0 Å². The summed E-state index contributed by atoms with van der Waals surface area (Å²) in [4.78, 5) is 10.0. The fraction of sp³-hybridized carbons (Fsp3) is 0.400. The SMILES string of the molecule is C[C@H](CO)NCc1cc([N+](=O)[O-])ccc1O. The third-order valence-electron chi connectivity index (χ3n) is 2.19. The number of aliphatic hydroxyl groups is 1. The maximum atomic E-state index is 10.5. The zero-order chi connectivity index (χ0) is 12.1. The van der Waals surface area contributed by atoms with Crippen molar-refractivity contribution in [3.63, 3.8) is 0 Å². The fourth-order valence-electron chi connectivity index (χ4n) is 1.18. The summed E-state index contributed by atoms with van der Waals surface area (Å²) >= 11 is 0. The van der Waals surface area contributed by atoms with E-state index in [0.29, 0.717) is 5.56 Å². The van der Waals surface area contributed by atoms with Gasteiger partial charge in [0.15, 0.2) is 0 Å². The predicted molar refractivity (Wildman–Crippen MR) is 58.1 cm³/mol. The minimum Gasteiger partial charge on any atom is -0.508 e. The van der Waals surface area contributed by atoms with Crippen molar-refractivity contribution in [2.75, 3.05) is 6.61 Å². The molecular formula is C10H14N2O4. The molecule has 6 nitrogen and oxygen atoms in total. The maximum Gasteiger partial charge on any atom is 0.270 e. The summed E-state index contributed by atoms with van der Waals surface area (Å²) in [6, 6.07) is 3.72. The van der Waals surface area contributed by atoms with Crippen LogP contribution < -0.4 is 5.32 Å². The van der Waals surface area contributed by atoms with Crippen LogP contribution in [0.4, 0.5) is 5.69 Å². The summed E-state index contributed by atoms with van der Waals surface area (Å²) in [7, 11) is 0. The minimum absolute atomic E-state index is 0.00300. The van der Waals surface area contributed by atoms with Crippen LogP contribution in [-0.4, -0.2) is 27.8 Å². The van der Waals surface area contributed by atoms with E-state index < -0.39 is 4.92 Å². The number of non-ortho nitro benzene ring substituents is 1. The monoisotopic (exact) mass is 226 g/mol. The molecule has 0 radical (unpaired) electrons. The van der Waals surface area contributed by atoms with E-state index in [4.69, 9.17) is 5.11 Å². The Kier molecular flexibility index (Phi) is 4.21. The van der Waals surface area contributed by atoms with E-state index in [1.807, 2.05) is 0 Å². The van der Waals surface area contributed by atoms with Gasteiger partial charge >= 0.3 is 0 Å². The van der Waals surface area contributed by atoms with E-state index in [1.54, 1.807) is 6.92 Å². The van der Waals surface area contributed by atoms with Crippen LogP contribution in [-0.2, 0) is 6.54 Å². The molecular weight excluding hydrogens is 212 g/mol. The molecule has 0 bridgehead atoms. The Labute approximate surface area is 92.7 Å². The first-order valence-electron chi connectivity index (χ1n) is 4.85. The number of nitro benzene ring substituents is 1. The molecule has 0 aliphatic heterocycles. The third kappa shape index (κ3) is 3.18. The Morgan fingerprint density at radius 3 is 2.81 bits per heavy atom. The first-order valence-corrected chi connectivity index (χ1v) is 4.85. The zero-order valence-electron chi connectivity index (χ0n) is 8.88. The quantitative estimate of drug-likeness (QED) is 0.509. The maximum absolute atomic E-state index is 10.5. The Morgan fingerprint density at radius 1 is 1.56 bits per heavy atom. The van der Waals surface area contributed by atoms with Gasteiger partial charge in [0.1, 0.15) is 5.75 Å². The molecule has 0 aliphatic carbocycles. The van der Waals surface area contributed by atoms with Crippen LogP contribution in [0.5, 0.6) is 5.75 Å². The average molecular weight is 226 g/mol. The second-order valence-corrected chi connectivity index (χ2v) is 3.53. The molecule has 88 valence electrons. The van der Waals surface area contributed by atoms with Crippen molar-refractivity contribution in [2.45, 2.75) is 19.5 Å². The van der Waals surface area contributed by atoms with Crippen LogP contribution in [0, 0.1) is 10.1 Å². The smallest absolute Gasteiger partial charge is 0.270 e. The van der Waals surface area contributed by atoms with E-state index >= 15 is 0 Å². The summed E-state index contributed by atoms with van der Waals surface area (Å²) in [5, 5.41) is 31.7. The van der Waals surface area contributed by atoms with Crippen LogP contribution in [0.25, 0.3) is 0 Å². The van der Waals surface area contributed by atoms with Gasteiger partial charge in [0.2, 0.25) is 0 Å². The third-order valence-corrected chi connectivity index (χ3v) is 2.19. The fourth-order valence-corrected chi connectivity index (χ4v) is 1.18. The lowest BCUT2D eigenvalue weighted by atomic mass is 10.1. The van der Waals surface area contributed by atoms with Gasteiger partial charge < -0.3 is 15.5 Å². The molecule has 0 aliphatic rings. The lowest BCUT2D eigenvalue weighted by molar-refractivity contribution is -0.384. The highest BCUT2D eigenvalue weighted by Gasteiger charge is 2.10. The molecule has 0 spiro atoms. The van der Waals surface area contributed by atoms with E-state index in [2.05, 4.69) is 5.32 Å². The average Bonchev–Trinajstić information content (AvgIpc) is 2.27. The van der Waals surface area contributed by atoms with Crippen molar-refractivity contribution >= 4 is 5.69 Å². The Balaban J connectivity index is 2.78. The van der Waals surface area contributed by atoms with Gasteiger partial charge in [-0.3, -0.25) is 10.1 Å². The van der Waals surface area contributed by atoms with Crippen molar-refractivity contribution in [2.24, 2.45) is 0 Å². The largest absolute Gasteiger partial charge is 0.508 e. The number of aromatic hydroxyl groups is 1. The number of nitro groups is 1. The van der Waals surface area contributed by atoms with E-state index in [0.717, 1.165) is 0 Å². The molecule has 0 amide bonds. The summed E-state index contributed by atoms with van der Waals surface area (Å²) in [6.07, 6.45) is 0. The molecule has 16 heavy (non-hydrogen) atoms. The van der Waals surface area contributed by atoms with Crippen molar-refractivity contribution in [1.82, 2.24) is 5.32 Å². The molecule has 3 N–H and O–H groups in total. The number of aliphatic hydroxyl groups excluding tert-OH is 1. The molecule has 6 heteroatoms. The second-order valence-electron chi connectivity index (χ2n) is 3.53. The van der Waals surface area contributed by atoms with Crippen molar-refractivity contribution in [3.05, 3.63) is 33.9 Å². The van der Waals surface area contributed by atoms with Crippen molar-refractivity contribution in [1.29, 1.82) is 0 Å². The summed E-state index contributed by atoms with van der Waals surface area (Å²) in [6.45, 7) is 2.01. The predicted octanol–water partition coefficient (Wildman–Crippen LogP) is 0.771. The van der Waals surface area contributed by atoms with Gasteiger partial charge in [0.25, 0.3) is 5.69 Å². The first kappa shape index (κ1) is 12.4. The van der Waals surface area contributed by atoms with Gasteiger partial charge in [-0.2, -0.15) is 0 Å². The normalized spacial score (nSPS) is 12.4. The molecule has 1 aromatic carbocycles. The molecule has 0 fully saturated rings. The van der Waals surface area contributed by atoms with Crippen molar-refractivity contribution < 1.29 is 15.1 Å². The Morgan fingerprint density at radius 2 is 2.25 bits per heavy atom. The molecule has 0 aromatic heterocycles. The van der Waals surface area contributed by atoms with Gasteiger partial charge in [-0.25, -0.2) is 0 Å². The second kappa shape index (κ2) is 5.43. The number of benzene rings is 1. The number of hydrogen-bond acceptors (Lipinski definition) is 5. The lowest BCUT2D eigenvalue weighted by Crippen LogP contribution is -2.28. The van der Waals surface area contributed by atoms with Gasteiger partial charge in [-0.15, -0.1) is 0 Å². The van der Waals surface area contributed by atoms with E-state index in [9.17, 15) is 15.2 Å². The van der Waals surface area contributed by atoms with Gasteiger partial charge in [-0.1, -0.05) is 0 Å². The number of phenols is 1. The number of rotatable bonds is 5. The Bertz CT molecular complexity index is 381. The lowest BCUT2D eigenvalue weighted by Gasteiger charge is -2.11. The van der Waals surface area contributed by atoms with Crippen LogP contribution >= 0.6 is 0 Å². The zero-order valence-corrected chi connectivity index (χ0v) is 8.88. The molecule has 1 rings (SSSR count). The van der Waals surface area contributed by atoms with Gasteiger partial charge in [0, 0.05) is 30.3 Å². The first-order chi connectivity index (χ1) is 7.54. The Hall–Kier alpha value is -1.66. The van der Waals surface area contributed by atoms with E-state index in [-0.39, 0.29) is 30.6 Å². The van der Waals surface area contributed by atoms with Crippen LogP contribution in [0.3, 0.4) is 0 Å². The molecule has 0 heterocycles. The molecule has 0 unspecified atom stereocenters. The minimum atomic E-state index is -0.515. The van der Waals surface area contributed by atoms with E-state index in [1.165, 1.54) is 18.2 Å². The number of nitrogens with one attached hydrogen (secondary N) is 1. The number of hydrogen-bond donors (Lipinski definition) is 3. The highest BCUT2D eigenvalue weighted by Crippen LogP contribution is 2.22. The van der Waals surface area contributed by atoms with Crippen LogP contribution in [0.15, 0.2) is 18.2 Å². The summed E-state index contributed by atoms with van der Waals surface area (Å²) in [5.74, 6) is 0.00300. The van der Waals surface area contributed by atoms with Crippen LogP contribution in [0.1, 0.15) is 12.5 Å². The molecule has 0 saturated heterocycles. The summed E-state index contributed by atoms with van der Waals surface area (Å²) in [5.41, 5.74) is 0.376. The number of phenolic OH excluding ortho intramolecular Hbond substituents is 1. The van der Waals surface area contributed by atoms with Crippen LogP contribution in [0.2, 0.25) is 0 Å². The molecule has 0 saturated carbocycles. The standard InChI is InChI=1S/C10H14N2O4/c1-7(6-13)11-5-8-4-9(12(15)16)2-3-10(8)14/h2-4,7,11,13-14H,5-6H2,1H3/t7-/m1/s1. The molecule has 1 aromatic rings. The highest BCUT2D eigenvalue weighted by molar-refractivity contribution is 5.42. The van der Waals surface area contributed by atoms with Gasteiger partial charge in [0.05, 0.1) is 11.5 Å². The van der Waals surface area contributed by atoms with Crippen molar-refractivity contribution in [3.8, 4) is 5.75 Å². The topological polar surface area (TPSA) is 95.6 Å².